The highest BCUT2D eigenvalue weighted by atomic mass is 19.4. The highest BCUT2D eigenvalue weighted by Crippen LogP contribution is 2.40. The second-order valence-electron chi connectivity index (χ2n) is 7.14. The summed E-state index contributed by atoms with van der Waals surface area (Å²) in [6.07, 6.45) is -3.23. The molecular weight excluding hydrogens is 409 g/mol. The predicted molar refractivity (Wildman–Crippen MR) is 111 cm³/mol. The van der Waals surface area contributed by atoms with Crippen molar-refractivity contribution in [1.82, 2.24) is 14.9 Å². The lowest BCUT2D eigenvalue weighted by Crippen LogP contribution is -2.46. The predicted octanol–water partition coefficient (Wildman–Crippen LogP) is 3.76. The van der Waals surface area contributed by atoms with Crippen molar-refractivity contribution >= 4 is 17.3 Å². The molecule has 3 aromatic rings. The molecule has 1 aromatic heterocycles. The highest BCUT2D eigenvalue weighted by Gasteiger charge is 2.57. The van der Waals surface area contributed by atoms with E-state index in [1.54, 1.807) is 31.3 Å². The van der Waals surface area contributed by atoms with E-state index in [0.29, 0.717) is 11.3 Å². The fourth-order valence-corrected chi connectivity index (χ4v) is 3.35. The summed E-state index contributed by atoms with van der Waals surface area (Å²) in [5.41, 5.74) is -1.43. The number of carbonyl (C=O) groups is 1. The number of nitrogens with zero attached hydrogens (tertiary/aromatic N) is 3. The lowest BCUT2D eigenvalue weighted by atomic mass is 9.97. The van der Waals surface area contributed by atoms with Gasteiger partial charge in [-0.25, -0.2) is 4.98 Å². The highest BCUT2D eigenvalue weighted by molar-refractivity contribution is 6.00. The summed E-state index contributed by atoms with van der Waals surface area (Å²) in [5, 5.41) is 12.9. The zero-order chi connectivity index (χ0) is 22.6. The maximum atomic E-state index is 13.6. The van der Waals surface area contributed by atoms with Gasteiger partial charge in [-0.3, -0.25) is 4.79 Å². The molecule has 164 valence electrons. The summed E-state index contributed by atoms with van der Waals surface area (Å²) in [6.45, 7) is -0.398. The first-order chi connectivity index (χ1) is 14.6. The van der Waals surface area contributed by atoms with Crippen molar-refractivity contribution in [3.63, 3.8) is 0 Å². The van der Waals surface area contributed by atoms with Gasteiger partial charge in [-0.15, -0.1) is 0 Å². The van der Waals surface area contributed by atoms with Gasteiger partial charge in [0.15, 0.2) is 0 Å². The smallest absolute Gasteiger partial charge is 0.374 e. The normalized spacial score (nSPS) is 13.5. The Morgan fingerprint density at radius 3 is 2.39 bits per heavy atom. The van der Waals surface area contributed by atoms with Gasteiger partial charge in [-0.05, 0) is 24.3 Å². The van der Waals surface area contributed by atoms with Crippen molar-refractivity contribution in [2.45, 2.75) is 18.2 Å². The van der Waals surface area contributed by atoms with Gasteiger partial charge in [0, 0.05) is 45.1 Å². The minimum absolute atomic E-state index is 0.307. The first-order valence-corrected chi connectivity index (χ1v) is 9.58. The molecule has 0 saturated heterocycles. The van der Waals surface area contributed by atoms with E-state index in [-0.39, 0.29) is 0 Å². The standard InChI is InChI=1S/C22H23F3N4O2/c1-28-15-14-27-20(28)21(31,22(23,24)25)12-13-26-19(30)17-10-6-7-11-18(17)29(2)16-8-4-3-5-9-16/h3-11,14-15,31H,12-13H2,1-2H3,(H,26,30). The fourth-order valence-electron chi connectivity index (χ4n) is 3.35. The minimum Gasteiger partial charge on any atom is -0.374 e. The number of imidazole rings is 1. The molecule has 3 rings (SSSR count). The van der Waals surface area contributed by atoms with Crippen LogP contribution in [0.4, 0.5) is 24.5 Å². The molecule has 2 aromatic carbocycles. The molecule has 1 unspecified atom stereocenters. The molecule has 0 aliphatic heterocycles. The van der Waals surface area contributed by atoms with Crippen molar-refractivity contribution < 1.29 is 23.1 Å². The van der Waals surface area contributed by atoms with Crippen LogP contribution < -0.4 is 10.2 Å². The van der Waals surface area contributed by atoms with Crippen LogP contribution in [0.1, 0.15) is 22.6 Å². The van der Waals surface area contributed by atoms with E-state index in [1.165, 1.54) is 19.4 Å². The molecule has 0 aliphatic carbocycles. The Morgan fingerprint density at radius 2 is 1.77 bits per heavy atom. The number of amides is 1. The van der Waals surface area contributed by atoms with E-state index < -0.39 is 36.5 Å². The summed E-state index contributed by atoms with van der Waals surface area (Å²) in [4.78, 5) is 18.2. The zero-order valence-electron chi connectivity index (χ0n) is 17.1. The summed E-state index contributed by atoms with van der Waals surface area (Å²) in [6, 6.07) is 16.2. The van der Waals surface area contributed by atoms with Gasteiger partial charge in [0.1, 0.15) is 5.82 Å². The summed E-state index contributed by atoms with van der Waals surface area (Å²) in [5.74, 6) is -1.07. The number of benzene rings is 2. The van der Waals surface area contributed by atoms with E-state index in [0.717, 1.165) is 10.3 Å². The number of rotatable bonds is 7. The molecule has 1 amide bonds. The topological polar surface area (TPSA) is 70.4 Å². The van der Waals surface area contributed by atoms with E-state index in [4.69, 9.17) is 0 Å². The van der Waals surface area contributed by atoms with E-state index >= 15 is 0 Å². The van der Waals surface area contributed by atoms with Crippen molar-refractivity contribution in [2.75, 3.05) is 18.5 Å². The van der Waals surface area contributed by atoms with Crippen LogP contribution in [0, 0.1) is 0 Å². The van der Waals surface area contributed by atoms with Crippen LogP contribution >= 0.6 is 0 Å². The number of aliphatic hydroxyl groups is 1. The molecule has 6 nitrogen and oxygen atoms in total. The molecule has 1 heterocycles. The third-order valence-corrected chi connectivity index (χ3v) is 5.09. The molecule has 0 fully saturated rings. The van der Waals surface area contributed by atoms with Crippen LogP contribution in [0.25, 0.3) is 0 Å². The van der Waals surface area contributed by atoms with Gasteiger partial charge >= 0.3 is 6.18 Å². The molecule has 31 heavy (non-hydrogen) atoms. The molecule has 0 radical (unpaired) electrons. The van der Waals surface area contributed by atoms with E-state index in [1.807, 2.05) is 35.2 Å². The number of nitrogens with one attached hydrogen (secondary N) is 1. The monoisotopic (exact) mass is 432 g/mol. The van der Waals surface area contributed by atoms with Crippen molar-refractivity contribution in [3.8, 4) is 0 Å². The molecule has 2 N–H and O–H groups in total. The zero-order valence-corrected chi connectivity index (χ0v) is 17.1. The lowest BCUT2D eigenvalue weighted by molar-refractivity contribution is -0.272. The van der Waals surface area contributed by atoms with Crippen LogP contribution in [0.15, 0.2) is 67.0 Å². The van der Waals surface area contributed by atoms with Crippen molar-refractivity contribution in [3.05, 3.63) is 78.4 Å². The molecule has 1 atom stereocenters. The Kier molecular flexibility index (Phi) is 6.35. The number of halogens is 3. The molecule has 0 saturated carbocycles. The van der Waals surface area contributed by atoms with E-state index in [2.05, 4.69) is 10.3 Å². The second-order valence-corrected chi connectivity index (χ2v) is 7.14. The average Bonchev–Trinajstić information content (AvgIpc) is 3.19. The van der Waals surface area contributed by atoms with E-state index in [9.17, 15) is 23.1 Å². The third kappa shape index (κ3) is 4.56. The molecule has 0 spiro atoms. The van der Waals surface area contributed by atoms with Gasteiger partial charge in [0.2, 0.25) is 5.60 Å². The van der Waals surface area contributed by atoms with Gasteiger partial charge in [-0.1, -0.05) is 30.3 Å². The van der Waals surface area contributed by atoms with Crippen LogP contribution in [0.5, 0.6) is 0 Å². The summed E-state index contributed by atoms with van der Waals surface area (Å²) >= 11 is 0. The van der Waals surface area contributed by atoms with Gasteiger partial charge < -0.3 is 19.9 Å². The maximum Gasteiger partial charge on any atom is 0.424 e. The Labute approximate surface area is 178 Å². The molecular formula is C22H23F3N4O2. The van der Waals surface area contributed by atoms with Crippen molar-refractivity contribution in [2.24, 2.45) is 7.05 Å². The van der Waals surface area contributed by atoms with Crippen LogP contribution in [0.2, 0.25) is 0 Å². The number of carbonyl (C=O) groups excluding carboxylic acids is 1. The van der Waals surface area contributed by atoms with Crippen LogP contribution in [-0.2, 0) is 12.6 Å². The van der Waals surface area contributed by atoms with Gasteiger partial charge in [0.25, 0.3) is 5.91 Å². The van der Waals surface area contributed by atoms with Gasteiger partial charge in [-0.2, -0.15) is 13.2 Å². The summed E-state index contributed by atoms with van der Waals surface area (Å²) in [7, 11) is 3.16. The SMILES string of the molecule is CN(c1ccccc1)c1ccccc1C(=O)NCCC(O)(c1nccn1C)C(F)(F)F. The largest absolute Gasteiger partial charge is 0.424 e. The Morgan fingerprint density at radius 1 is 1.13 bits per heavy atom. The lowest BCUT2D eigenvalue weighted by Gasteiger charge is -2.30. The molecule has 0 bridgehead atoms. The quantitative estimate of drug-likeness (QED) is 0.597. The minimum atomic E-state index is -4.96. The average molecular weight is 432 g/mol. The first-order valence-electron chi connectivity index (χ1n) is 9.58. The number of aromatic nitrogens is 2. The Bertz CT molecular complexity index is 1040. The second kappa shape index (κ2) is 8.81. The number of alkyl halides is 3. The number of anilines is 2. The van der Waals surface area contributed by atoms with Crippen LogP contribution in [0.3, 0.4) is 0 Å². The maximum absolute atomic E-state index is 13.6. The number of hydrogen-bond donors (Lipinski definition) is 2. The third-order valence-electron chi connectivity index (χ3n) is 5.09. The van der Waals surface area contributed by atoms with Crippen molar-refractivity contribution in [1.29, 1.82) is 0 Å². The number of hydrogen-bond acceptors (Lipinski definition) is 4. The summed E-state index contributed by atoms with van der Waals surface area (Å²) < 4.78 is 42.0. The first kappa shape index (κ1) is 22.4. The Balaban J connectivity index is 1.76. The molecule has 0 aliphatic rings. The van der Waals surface area contributed by atoms with Gasteiger partial charge in [0.05, 0.1) is 11.3 Å². The van der Waals surface area contributed by atoms with Crippen LogP contribution in [-0.4, -0.2) is 40.3 Å². The number of para-hydroxylation sites is 2. The molecule has 9 heteroatoms. The number of aryl methyl sites for hydroxylation is 1. The fraction of sp³-hybridized carbons (Fsp3) is 0.273. The Hall–Kier alpha value is -3.33.